The van der Waals surface area contributed by atoms with Crippen molar-refractivity contribution in [2.45, 2.75) is 110 Å². The molecule has 0 radical (unpaired) electrons. The fraction of sp³-hybridized carbons (Fsp3) is 0.760. The Hall–Kier alpha value is -1.58. The number of hydrogen-bond donors (Lipinski definition) is 1. The molecule has 4 nitrogen and oxygen atoms in total. The summed E-state index contributed by atoms with van der Waals surface area (Å²) in [7, 11) is 0. The molecule has 0 aromatic heterocycles. The molecule has 0 bridgehead atoms. The normalized spacial score (nSPS) is 11.4. The standard InChI is InChI=1S/C25H45NO3/c1-3-5-6-7-8-9-10-11-12-13-14-15-16-17-18-21-24(27)26-22-19-23-29-25(28)20-4-2/h4,11-12,20H,3,5-10,13-19,21-23H2,1-2H3,(H,26,27)/b12-11-,20-4+. The summed E-state index contributed by atoms with van der Waals surface area (Å²) >= 11 is 0. The summed E-state index contributed by atoms with van der Waals surface area (Å²) in [6.45, 7) is 4.94. The van der Waals surface area contributed by atoms with Gasteiger partial charge >= 0.3 is 5.97 Å². The third-order valence-corrected chi connectivity index (χ3v) is 4.86. The molecule has 0 aromatic rings. The van der Waals surface area contributed by atoms with Gasteiger partial charge in [-0.05, 0) is 45.4 Å². The zero-order valence-corrected chi connectivity index (χ0v) is 19.1. The highest BCUT2D eigenvalue weighted by Gasteiger charge is 2.01. The van der Waals surface area contributed by atoms with Crippen LogP contribution >= 0.6 is 0 Å². The van der Waals surface area contributed by atoms with Crippen molar-refractivity contribution < 1.29 is 14.3 Å². The molecule has 1 N–H and O–H groups in total. The van der Waals surface area contributed by atoms with Crippen LogP contribution in [0.3, 0.4) is 0 Å². The summed E-state index contributed by atoms with van der Waals surface area (Å²) in [5.41, 5.74) is 0. The van der Waals surface area contributed by atoms with Crippen LogP contribution in [0.5, 0.6) is 0 Å². The molecular weight excluding hydrogens is 362 g/mol. The van der Waals surface area contributed by atoms with E-state index in [1.807, 2.05) is 0 Å². The van der Waals surface area contributed by atoms with Crippen molar-refractivity contribution in [3.8, 4) is 0 Å². The molecule has 1 amide bonds. The molecule has 0 unspecified atom stereocenters. The minimum Gasteiger partial charge on any atom is -0.462 e. The SMILES string of the molecule is C/C=C/C(=O)OCCCNC(=O)CCCCCCC/C=C\CCCCCCCC. The predicted octanol–water partition coefficient (Wildman–Crippen LogP) is 6.65. The van der Waals surface area contributed by atoms with Crippen molar-refractivity contribution in [3.63, 3.8) is 0 Å². The Balaban J connectivity index is 3.28. The third kappa shape index (κ3) is 22.6. The van der Waals surface area contributed by atoms with Gasteiger partial charge in [0, 0.05) is 19.0 Å². The van der Waals surface area contributed by atoms with Crippen molar-refractivity contribution in [2.24, 2.45) is 0 Å². The molecule has 4 heteroatoms. The lowest BCUT2D eigenvalue weighted by Gasteiger charge is -2.05. The van der Waals surface area contributed by atoms with Crippen LogP contribution in [0.1, 0.15) is 110 Å². The van der Waals surface area contributed by atoms with Crippen LogP contribution in [0.4, 0.5) is 0 Å². The first-order valence-electron chi connectivity index (χ1n) is 11.9. The van der Waals surface area contributed by atoms with Crippen LogP contribution in [-0.2, 0) is 14.3 Å². The molecule has 0 rings (SSSR count). The monoisotopic (exact) mass is 407 g/mol. The lowest BCUT2D eigenvalue weighted by Crippen LogP contribution is -2.25. The number of unbranched alkanes of at least 4 members (excludes halogenated alkanes) is 11. The zero-order valence-electron chi connectivity index (χ0n) is 19.1. The average Bonchev–Trinajstić information content (AvgIpc) is 2.71. The van der Waals surface area contributed by atoms with Gasteiger partial charge in [0.25, 0.3) is 0 Å². The van der Waals surface area contributed by atoms with Gasteiger partial charge in [0.05, 0.1) is 6.61 Å². The van der Waals surface area contributed by atoms with Crippen molar-refractivity contribution in [1.82, 2.24) is 5.32 Å². The van der Waals surface area contributed by atoms with Crippen LogP contribution in [-0.4, -0.2) is 25.0 Å². The lowest BCUT2D eigenvalue weighted by atomic mass is 10.1. The molecule has 0 atom stereocenters. The minimum atomic E-state index is -0.327. The second-order valence-corrected chi connectivity index (χ2v) is 7.71. The van der Waals surface area contributed by atoms with E-state index in [4.69, 9.17) is 4.74 Å². The van der Waals surface area contributed by atoms with Gasteiger partial charge in [0.15, 0.2) is 0 Å². The molecule has 0 fully saturated rings. The number of rotatable bonds is 20. The van der Waals surface area contributed by atoms with Gasteiger partial charge in [-0.25, -0.2) is 4.79 Å². The maximum absolute atomic E-state index is 11.7. The number of carbonyl (C=O) groups excluding carboxylic acids is 2. The predicted molar refractivity (Wildman–Crippen MR) is 123 cm³/mol. The van der Waals surface area contributed by atoms with E-state index in [2.05, 4.69) is 24.4 Å². The Morgan fingerprint density at radius 2 is 1.38 bits per heavy atom. The Kier molecular flexibility index (Phi) is 21.5. The van der Waals surface area contributed by atoms with Crippen LogP contribution in [0.25, 0.3) is 0 Å². The quantitative estimate of drug-likeness (QED) is 0.106. The molecule has 0 aliphatic heterocycles. The highest BCUT2D eigenvalue weighted by Crippen LogP contribution is 2.09. The smallest absolute Gasteiger partial charge is 0.330 e. The van der Waals surface area contributed by atoms with Crippen molar-refractivity contribution in [3.05, 3.63) is 24.3 Å². The van der Waals surface area contributed by atoms with Crippen LogP contribution in [0, 0.1) is 0 Å². The number of hydrogen-bond acceptors (Lipinski definition) is 3. The molecule has 0 aliphatic rings. The van der Waals surface area contributed by atoms with Gasteiger partial charge in [0.2, 0.25) is 5.91 Å². The fourth-order valence-electron chi connectivity index (χ4n) is 3.10. The molecule has 168 valence electrons. The summed E-state index contributed by atoms with van der Waals surface area (Å²) < 4.78 is 4.97. The largest absolute Gasteiger partial charge is 0.462 e. The van der Waals surface area contributed by atoms with E-state index in [0.717, 1.165) is 12.8 Å². The van der Waals surface area contributed by atoms with Gasteiger partial charge in [-0.2, -0.15) is 0 Å². The average molecular weight is 408 g/mol. The van der Waals surface area contributed by atoms with E-state index in [9.17, 15) is 9.59 Å². The van der Waals surface area contributed by atoms with Crippen molar-refractivity contribution in [2.75, 3.05) is 13.2 Å². The van der Waals surface area contributed by atoms with Gasteiger partial charge < -0.3 is 10.1 Å². The van der Waals surface area contributed by atoms with E-state index in [0.29, 0.717) is 26.0 Å². The summed E-state index contributed by atoms with van der Waals surface area (Å²) in [6.07, 6.45) is 25.4. The second-order valence-electron chi connectivity index (χ2n) is 7.71. The number of esters is 1. The van der Waals surface area contributed by atoms with Gasteiger partial charge in [-0.15, -0.1) is 0 Å². The van der Waals surface area contributed by atoms with Gasteiger partial charge in [0.1, 0.15) is 0 Å². The second kappa shape index (κ2) is 22.7. The molecule has 29 heavy (non-hydrogen) atoms. The molecule has 0 saturated carbocycles. The van der Waals surface area contributed by atoms with Crippen molar-refractivity contribution in [1.29, 1.82) is 0 Å². The van der Waals surface area contributed by atoms with Gasteiger partial charge in [-0.3, -0.25) is 4.79 Å². The van der Waals surface area contributed by atoms with E-state index in [1.165, 1.54) is 76.7 Å². The van der Waals surface area contributed by atoms with E-state index in [-0.39, 0.29) is 11.9 Å². The number of allylic oxidation sites excluding steroid dienone is 3. The first kappa shape index (κ1) is 27.4. The lowest BCUT2D eigenvalue weighted by molar-refractivity contribution is -0.137. The molecule has 0 aromatic carbocycles. The number of nitrogens with one attached hydrogen (secondary N) is 1. The first-order valence-corrected chi connectivity index (χ1v) is 11.9. The zero-order chi connectivity index (χ0) is 21.4. The number of carbonyl (C=O) groups is 2. The van der Waals surface area contributed by atoms with Gasteiger partial charge in [-0.1, -0.05) is 76.5 Å². The molecule has 0 spiro atoms. The van der Waals surface area contributed by atoms with E-state index in [1.54, 1.807) is 13.0 Å². The molecule has 0 heterocycles. The summed E-state index contributed by atoms with van der Waals surface area (Å²) in [6, 6.07) is 0. The molecule has 0 aliphatic carbocycles. The molecular formula is C25H45NO3. The van der Waals surface area contributed by atoms with Crippen LogP contribution in [0.2, 0.25) is 0 Å². The Morgan fingerprint density at radius 1 is 0.793 bits per heavy atom. The van der Waals surface area contributed by atoms with Crippen LogP contribution < -0.4 is 5.32 Å². The van der Waals surface area contributed by atoms with E-state index >= 15 is 0 Å². The molecule has 0 saturated heterocycles. The van der Waals surface area contributed by atoms with Crippen molar-refractivity contribution >= 4 is 11.9 Å². The summed E-state index contributed by atoms with van der Waals surface area (Å²) in [5, 5.41) is 2.88. The Bertz CT molecular complexity index is 443. The topological polar surface area (TPSA) is 55.4 Å². The summed E-state index contributed by atoms with van der Waals surface area (Å²) in [4.78, 5) is 22.8. The Morgan fingerprint density at radius 3 is 2.00 bits per heavy atom. The highest BCUT2D eigenvalue weighted by molar-refractivity contribution is 5.81. The van der Waals surface area contributed by atoms with Crippen LogP contribution in [0.15, 0.2) is 24.3 Å². The third-order valence-electron chi connectivity index (χ3n) is 4.86. The number of ether oxygens (including phenoxy) is 1. The number of amides is 1. The summed E-state index contributed by atoms with van der Waals surface area (Å²) in [5.74, 6) is -0.227. The maximum atomic E-state index is 11.7. The minimum absolute atomic E-state index is 0.0995. The Labute approximate surface area is 179 Å². The first-order chi connectivity index (χ1) is 14.2. The fourth-order valence-corrected chi connectivity index (χ4v) is 3.10. The highest BCUT2D eigenvalue weighted by atomic mass is 16.5. The van der Waals surface area contributed by atoms with E-state index < -0.39 is 0 Å². The maximum Gasteiger partial charge on any atom is 0.330 e.